The molecule has 4 aromatic rings. The monoisotopic (exact) mass is 471 g/mol. The van der Waals surface area contributed by atoms with Gasteiger partial charge in [-0.25, -0.2) is 18.2 Å². The lowest BCUT2D eigenvalue weighted by atomic mass is 10.1. The minimum atomic E-state index is -4.41. The second-order valence-electron chi connectivity index (χ2n) is 7.07. The average Bonchev–Trinajstić information content (AvgIpc) is 3.38. The van der Waals surface area contributed by atoms with Crippen LogP contribution in [0.2, 0.25) is 0 Å². The molecule has 0 fully saturated rings. The number of nitrogens with zero attached hydrogens (tertiary/aromatic N) is 4. The fourth-order valence-electron chi connectivity index (χ4n) is 3.15. The zero-order chi connectivity index (χ0) is 23.8. The Labute approximate surface area is 187 Å². The number of rotatable bonds is 3. The number of hydrogen-bond donors (Lipinski definition) is 1. The van der Waals surface area contributed by atoms with Gasteiger partial charge in [-0.2, -0.15) is 23.4 Å². The summed E-state index contributed by atoms with van der Waals surface area (Å²) in [5, 5.41) is 13.6. The Kier molecular flexibility index (Phi) is 5.57. The first-order valence-corrected chi connectivity index (χ1v) is 11.0. The molecule has 0 aliphatic rings. The number of primary sulfonamides is 1. The van der Waals surface area contributed by atoms with E-state index < -0.39 is 21.8 Å². The summed E-state index contributed by atoms with van der Waals surface area (Å²) < 4.78 is 64.5. The minimum absolute atomic E-state index is 0.0430. The lowest BCUT2D eigenvalue weighted by molar-refractivity contribution is -0.137. The molecule has 0 unspecified atom stereocenters. The second kappa shape index (κ2) is 8.23. The molecule has 2 N–H and O–H groups in total. The number of alkyl halides is 3. The summed E-state index contributed by atoms with van der Waals surface area (Å²) in [6.07, 6.45) is 0.360. The molecule has 2 aromatic carbocycles. The van der Waals surface area contributed by atoms with Gasteiger partial charge in [0.2, 0.25) is 10.0 Å². The summed E-state index contributed by atoms with van der Waals surface area (Å²) >= 11 is 0. The van der Waals surface area contributed by atoms with Crippen LogP contribution in [0.3, 0.4) is 0 Å². The fraction of sp³-hybridized carbons (Fsp3) is 0.0909. The van der Waals surface area contributed by atoms with Crippen LogP contribution in [0.15, 0.2) is 72.0 Å². The summed E-state index contributed by atoms with van der Waals surface area (Å²) in [4.78, 5) is -0.0430. The number of nitrogens with two attached hydrogens (primary N) is 1. The molecule has 168 valence electrons. The van der Waals surface area contributed by atoms with E-state index in [9.17, 15) is 21.6 Å². The Morgan fingerprint density at radius 1 is 1.00 bits per heavy atom. The topological polar surface area (TPSA) is 95.8 Å². The highest BCUT2D eigenvalue weighted by molar-refractivity contribution is 7.89. The van der Waals surface area contributed by atoms with Gasteiger partial charge in [0, 0.05) is 24.4 Å². The quantitative estimate of drug-likeness (QED) is 0.464. The van der Waals surface area contributed by atoms with Crippen molar-refractivity contribution in [2.45, 2.75) is 11.1 Å². The lowest BCUT2D eigenvalue weighted by Crippen LogP contribution is -2.11. The van der Waals surface area contributed by atoms with Gasteiger partial charge in [-0.05, 0) is 42.5 Å². The summed E-state index contributed by atoms with van der Waals surface area (Å²) in [7, 11) is -2.13. The molecule has 0 atom stereocenters. The van der Waals surface area contributed by atoms with Crippen LogP contribution in [0.5, 0.6) is 0 Å². The van der Waals surface area contributed by atoms with Crippen LogP contribution in [0, 0.1) is 11.8 Å². The highest BCUT2D eigenvalue weighted by Gasteiger charge is 2.30. The molecule has 33 heavy (non-hydrogen) atoms. The molecule has 0 saturated heterocycles. The molecule has 2 aromatic heterocycles. The highest BCUT2D eigenvalue weighted by Crippen LogP contribution is 2.30. The van der Waals surface area contributed by atoms with Crippen molar-refractivity contribution in [1.82, 2.24) is 19.6 Å². The molecule has 0 amide bonds. The number of aryl methyl sites for hydroxylation is 1. The SMILES string of the molecule is Cn1ncc(C#Cc2cccc(S(N)(=O)=O)c2)c1-c1cnn(-c2ccc(C(F)(F)F)cc2)c1. The third-order valence-corrected chi connectivity index (χ3v) is 5.67. The maximum Gasteiger partial charge on any atom is 0.416 e. The Bertz CT molecular complexity index is 1490. The molecule has 0 bridgehead atoms. The first-order chi connectivity index (χ1) is 15.5. The van der Waals surface area contributed by atoms with E-state index in [0.717, 1.165) is 12.1 Å². The number of hydrogen-bond acceptors (Lipinski definition) is 4. The molecular weight excluding hydrogens is 455 g/mol. The number of benzene rings is 2. The predicted octanol–water partition coefficient (Wildman–Crippen LogP) is 3.34. The molecular formula is C22H16F3N5O2S. The Morgan fingerprint density at radius 2 is 1.73 bits per heavy atom. The summed E-state index contributed by atoms with van der Waals surface area (Å²) in [5.74, 6) is 5.87. The number of halogens is 3. The molecule has 4 rings (SSSR count). The Morgan fingerprint density at radius 3 is 2.39 bits per heavy atom. The van der Waals surface area contributed by atoms with Crippen molar-refractivity contribution in [1.29, 1.82) is 0 Å². The van der Waals surface area contributed by atoms with E-state index in [1.807, 2.05) is 0 Å². The normalized spacial score (nSPS) is 11.8. The minimum Gasteiger partial charge on any atom is -0.267 e. The largest absolute Gasteiger partial charge is 0.416 e. The van der Waals surface area contributed by atoms with Crippen molar-refractivity contribution in [2.75, 3.05) is 0 Å². The van der Waals surface area contributed by atoms with E-state index >= 15 is 0 Å². The highest BCUT2D eigenvalue weighted by atomic mass is 32.2. The van der Waals surface area contributed by atoms with Crippen molar-refractivity contribution in [3.05, 3.63) is 83.8 Å². The van der Waals surface area contributed by atoms with Crippen LogP contribution in [-0.2, 0) is 23.2 Å². The summed E-state index contributed by atoms with van der Waals surface area (Å²) in [6, 6.07) is 10.6. The van der Waals surface area contributed by atoms with Gasteiger partial charge in [-0.3, -0.25) is 4.68 Å². The molecule has 0 saturated carbocycles. The summed E-state index contributed by atoms with van der Waals surface area (Å²) in [5.41, 5.74) is 2.03. The van der Waals surface area contributed by atoms with E-state index in [2.05, 4.69) is 22.0 Å². The van der Waals surface area contributed by atoms with E-state index in [-0.39, 0.29) is 4.90 Å². The predicted molar refractivity (Wildman–Crippen MR) is 115 cm³/mol. The van der Waals surface area contributed by atoms with Crippen molar-refractivity contribution in [2.24, 2.45) is 12.2 Å². The van der Waals surface area contributed by atoms with Crippen LogP contribution in [0.4, 0.5) is 13.2 Å². The maximum atomic E-state index is 12.8. The van der Waals surface area contributed by atoms with Crippen LogP contribution in [0.25, 0.3) is 16.9 Å². The molecule has 7 nitrogen and oxygen atoms in total. The standard InChI is InChI=1S/C22H16F3N5O2S/c1-29-21(16(12-27-29)6-5-15-3-2-4-20(11-15)33(26,31)32)17-13-28-30(14-17)19-9-7-18(8-10-19)22(23,24)25/h2-4,7-14H,1H3,(H2,26,31,32). The van der Waals surface area contributed by atoms with Crippen molar-refractivity contribution in [3.63, 3.8) is 0 Å². The van der Waals surface area contributed by atoms with Gasteiger partial charge in [-0.1, -0.05) is 17.9 Å². The Balaban J connectivity index is 1.66. The lowest BCUT2D eigenvalue weighted by Gasteiger charge is -2.07. The Hall–Kier alpha value is -3.88. The van der Waals surface area contributed by atoms with Gasteiger partial charge >= 0.3 is 6.18 Å². The third kappa shape index (κ3) is 4.82. The van der Waals surface area contributed by atoms with E-state index in [0.29, 0.717) is 28.1 Å². The third-order valence-electron chi connectivity index (χ3n) is 4.76. The zero-order valence-electron chi connectivity index (χ0n) is 17.1. The first-order valence-electron chi connectivity index (χ1n) is 9.42. The molecule has 0 radical (unpaired) electrons. The molecule has 0 spiro atoms. The van der Waals surface area contributed by atoms with Crippen LogP contribution in [-0.4, -0.2) is 28.0 Å². The van der Waals surface area contributed by atoms with Crippen molar-refractivity contribution < 1.29 is 21.6 Å². The molecule has 2 heterocycles. The van der Waals surface area contributed by atoms with Crippen molar-refractivity contribution in [3.8, 4) is 28.8 Å². The molecule has 0 aliphatic carbocycles. The van der Waals surface area contributed by atoms with Crippen LogP contribution < -0.4 is 5.14 Å². The van der Waals surface area contributed by atoms with Crippen LogP contribution >= 0.6 is 0 Å². The second-order valence-corrected chi connectivity index (χ2v) is 8.63. The number of sulfonamides is 1. The van der Waals surface area contributed by atoms with Gasteiger partial charge in [0.05, 0.1) is 39.8 Å². The van der Waals surface area contributed by atoms with Gasteiger partial charge in [0.15, 0.2) is 0 Å². The summed E-state index contributed by atoms with van der Waals surface area (Å²) in [6.45, 7) is 0. The molecule has 11 heteroatoms. The zero-order valence-corrected chi connectivity index (χ0v) is 17.9. The van der Waals surface area contributed by atoms with Crippen LogP contribution in [0.1, 0.15) is 16.7 Å². The first kappa shape index (κ1) is 22.3. The van der Waals surface area contributed by atoms with E-state index in [1.165, 1.54) is 28.9 Å². The van der Waals surface area contributed by atoms with Gasteiger partial charge in [-0.15, -0.1) is 0 Å². The molecule has 0 aliphatic heterocycles. The number of aromatic nitrogens is 4. The van der Waals surface area contributed by atoms with Gasteiger partial charge in [0.25, 0.3) is 0 Å². The van der Waals surface area contributed by atoms with Gasteiger partial charge < -0.3 is 0 Å². The van der Waals surface area contributed by atoms with Crippen molar-refractivity contribution >= 4 is 10.0 Å². The van der Waals surface area contributed by atoms with E-state index in [4.69, 9.17) is 5.14 Å². The van der Waals surface area contributed by atoms with E-state index in [1.54, 1.807) is 42.5 Å². The fourth-order valence-corrected chi connectivity index (χ4v) is 3.71. The average molecular weight is 471 g/mol. The maximum absolute atomic E-state index is 12.8. The van der Waals surface area contributed by atoms with Gasteiger partial charge in [0.1, 0.15) is 0 Å². The smallest absolute Gasteiger partial charge is 0.267 e.